The predicted octanol–water partition coefficient (Wildman–Crippen LogP) is 1.28. The van der Waals surface area contributed by atoms with E-state index in [4.69, 9.17) is 4.74 Å². The first-order valence-electron chi connectivity index (χ1n) is 7.62. The summed E-state index contributed by atoms with van der Waals surface area (Å²) in [5, 5.41) is 2.90. The van der Waals surface area contributed by atoms with Gasteiger partial charge in [0.15, 0.2) is 0 Å². The van der Waals surface area contributed by atoms with E-state index in [1.807, 2.05) is 32.0 Å². The summed E-state index contributed by atoms with van der Waals surface area (Å²) < 4.78 is 5.05. The number of hydrogen-bond acceptors (Lipinski definition) is 4. The number of anilines is 1. The van der Waals surface area contributed by atoms with Crippen LogP contribution in [0.4, 0.5) is 5.69 Å². The Morgan fingerprint density at radius 2 is 1.87 bits per heavy atom. The fourth-order valence-corrected chi connectivity index (χ4v) is 2.11. The first-order chi connectivity index (χ1) is 10.8. The molecule has 0 saturated heterocycles. The molecule has 1 aromatic rings. The fraction of sp³-hybridized carbons (Fsp3) is 0.529. The van der Waals surface area contributed by atoms with Crippen LogP contribution in [0.3, 0.4) is 0 Å². The van der Waals surface area contributed by atoms with Gasteiger partial charge < -0.3 is 15.0 Å². The zero-order chi connectivity index (χ0) is 17.4. The molecule has 0 unspecified atom stereocenters. The summed E-state index contributed by atoms with van der Waals surface area (Å²) in [6, 6.07) is 5.88. The second-order valence-corrected chi connectivity index (χ2v) is 5.86. The molecule has 6 nitrogen and oxygen atoms in total. The fourth-order valence-electron chi connectivity index (χ4n) is 2.11. The Kier molecular flexibility index (Phi) is 7.71. The van der Waals surface area contributed by atoms with Gasteiger partial charge in [-0.2, -0.15) is 0 Å². The highest BCUT2D eigenvalue weighted by Crippen LogP contribution is 2.15. The number of amides is 2. The van der Waals surface area contributed by atoms with Crippen LogP contribution in [-0.2, 0) is 14.3 Å². The van der Waals surface area contributed by atoms with Gasteiger partial charge >= 0.3 is 0 Å². The lowest BCUT2D eigenvalue weighted by Crippen LogP contribution is -2.42. The summed E-state index contributed by atoms with van der Waals surface area (Å²) in [6.45, 7) is 5.31. The van der Waals surface area contributed by atoms with Crippen LogP contribution >= 0.6 is 0 Å². The number of carbonyl (C=O) groups is 2. The van der Waals surface area contributed by atoms with E-state index in [1.54, 1.807) is 26.1 Å². The molecule has 0 atom stereocenters. The van der Waals surface area contributed by atoms with Crippen LogP contribution in [-0.4, -0.2) is 69.1 Å². The molecule has 128 valence electrons. The minimum Gasteiger partial charge on any atom is -0.383 e. The highest BCUT2D eigenvalue weighted by Gasteiger charge is 2.16. The molecule has 0 aliphatic heterocycles. The van der Waals surface area contributed by atoms with Crippen LogP contribution in [0.5, 0.6) is 0 Å². The Hall–Kier alpha value is -1.92. The van der Waals surface area contributed by atoms with E-state index in [0.717, 1.165) is 16.8 Å². The molecule has 1 aromatic carbocycles. The molecule has 0 heterocycles. The van der Waals surface area contributed by atoms with E-state index >= 15 is 0 Å². The zero-order valence-corrected chi connectivity index (χ0v) is 14.7. The third-order valence-electron chi connectivity index (χ3n) is 3.49. The van der Waals surface area contributed by atoms with Crippen molar-refractivity contribution in [2.75, 3.05) is 52.8 Å². The number of aryl methyl sites for hydroxylation is 2. The summed E-state index contributed by atoms with van der Waals surface area (Å²) in [6.07, 6.45) is 0. The first kappa shape index (κ1) is 19.1. The lowest BCUT2D eigenvalue weighted by molar-refractivity contribution is -0.130. The molecule has 2 amide bonds. The van der Waals surface area contributed by atoms with Crippen molar-refractivity contribution in [3.8, 4) is 0 Å². The Bertz CT molecular complexity index is 544. The van der Waals surface area contributed by atoms with E-state index in [9.17, 15) is 9.59 Å². The van der Waals surface area contributed by atoms with Gasteiger partial charge in [0, 0.05) is 33.4 Å². The summed E-state index contributed by atoms with van der Waals surface area (Å²) in [5.74, 6) is -0.181. The number of nitrogens with one attached hydrogen (secondary N) is 1. The molecule has 1 N–H and O–H groups in total. The van der Waals surface area contributed by atoms with Gasteiger partial charge in [0.25, 0.3) is 0 Å². The minimum absolute atomic E-state index is 0.0413. The molecular weight excluding hydrogens is 294 g/mol. The molecule has 0 saturated carbocycles. The van der Waals surface area contributed by atoms with Crippen molar-refractivity contribution < 1.29 is 14.3 Å². The molecule has 0 aromatic heterocycles. The summed E-state index contributed by atoms with van der Waals surface area (Å²) in [5.41, 5.74) is 2.97. The number of ether oxygens (including phenoxy) is 1. The smallest absolute Gasteiger partial charge is 0.238 e. The van der Waals surface area contributed by atoms with E-state index in [0.29, 0.717) is 13.2 Å². The standard InChI is InChI=1S/C17H27N3O3/c1-13-6-7-15(14(2)10-13)18-16(21)11-20(8-9-23-5)12-17(22)19(3)4/h6-7,10H,8-9,11-12H2,1-5H3,(H,18,21). The van der Waals surface area contributed by atoms with Crippen LogP contribution in [0, 0.1) is 13.8 Å². The Morgan fingerprint density at radius 1 is 1.17 bits per heavy atom. The first-order valence-corrected chi connectivity index (χ1v) is 7.62. The van der Waals surface area contributed by atoms with Crippen molar-refractivity contribution in [1.29, 1.82) is 0 Å². The molecular formula is C17H27N3O3. The van der Waals surface area contributed by atoms with Gasteiger partial charge in [0.1, 0.15) is 0 Å². The van der Waals surface area contributed by atoms with E-state index in [1.165, 1.54) is 4.90 Å². The maximum atomic E-state index is 12.3. The van der Waals surface area contributed by atoms with Gasteiger partial charge in [-0.15, -0.1) is 0 Å². The van der Waals surface area contributed by atoms with Crippen LogP contribution in [0.2, 0.25) is 0 Å². The SMILES string of the molecule is COCCN(CC(=O)Nc1ccc(C)cc1C)CC(=O)N(C)C. The van der Waals surface area contributed by atoms with Crippen molar-refractivity contribution >= 4 is 17.5 Å². The second-order valence-electron chi connectivity index (χ2n) is 5.86. The molecule has 0 bridgehead atoms. The van der Waals surface area contributed by atoms with Gasteiger partial charge in [0.2, 0.25) is 11.8 Å². The number of likely N-dealkylation sites (N-methyl/N-ethyl adjacent to an activating group) is 1. The van der Waals surface area contributed by atoms with Gasteiger partial charge in [-0.3, -0.25) is 14.5 Å². The average molecular weight is 321 g/mol. The van der Waals surface area contributed by atoms with E-state index in [2.05, 4.69) is 5.32 Å². The van der Waals surface area contributed by atoms with Gasteiger partial charge in [-0.25, -0.2) is 0 Å². The van der Waals surface area contributed by atoms with Gasteiger partial charge in [-0.05, 0) is 25.5 Å². The monoisotopic (exact) mass is 321 g/mol. The predicted molar refractivity (Wildman–Crippen MR) is 91.6 cm³/mol. The summed E-state index contributed by atoms with van der Waals surface area (Å²) >= 11 is 0. The number of benzene rings is 1. The second kappa shape index (κ2) is 9.27. The van der Waals surface area contributed by atoms with Crippen LogP contribution in [0.1, 0.15) is 11.1 Å². The molecule has 0 aliphatic rings. The molecule has 23 heavy (non-hydrogen) atoms. The molecule has 0 fully saturated rings. The summed E-state index contributed by atoms with van der Waals surface area (Å²) in [4.78, 5) is 27.4. The van der Waals surface area contributed by atoms with E-state index in [-0.39, 0.29) is 24.9 Å². The Morgan fingerprint density at radius 3 is 2.43 bits per heavy atom. The van der Waals surface area contributed by atoms with Crippen molar-refractivity contribution in [2.45, 2.75) is 13.8 Å². The minimum atomic E-state index is -0.139. The lowest BCUT2D eigenvalue weighted by Gasteiger charge is -2.22. The highest BCUT2D eigenvalue weighted by atomic mass is 16.5. The number of hydrogen-bond donors (Lipinski definition) is 1. The number of rotatable bonds is 8. The van der Waals surface area contributed by atoms with Crippen LogP contribution < -0.4 is 5.32 Å². The lowest BCUT2D eigenvalue weighted by atomic mass is 10.1. The highest BCUT2D eigenvalue weighted by molar-refractivity contribution is 5.93. The topological polar surface area (TPSA) is 61.9 Å². The number of nitrogens with zero attached hydrogens (tertiary/aromatic N) is 2. The molecule has 0 radical (unpaired) electrons. The van der Waals surface area contributed by atoms with Gasteiger partial charge in [-0.1, -0.05) is 17.7 Å². The quantitative estimate of drug-likeness (QED) is 0.783. The number of methoxy groups -OCH3 is 1. The molecule has 0 aliphatic carbocycles. The molecule has 6 heteroatoms. The zero-order valence-electron chi connectivity index (χ0n) is 14.7. The normalized spacial score (nSPS) is 10.7. The van der Waals surface area contributed by atoms with Crippen molar-refractivity contribution in [2.24, 2.45) is 0 Å². The molecule has 0 spiro atoms. The van der Waals surface area contributed by atoms with Crippen molar-refractivity contribution in [1.82, 2.24) is 9.80 Å². The van der Waals surface area contributed by atoms with Crippen LogP contribution in [0.25, 0.3) is 0 Å². The summed E-state index contributed by atoms with van der Waals surface area (Å²) in [7, 11) is 5.00. The van der Waals surface area contributed by atoms with Crippen molar-refractivity contribution in [3.63, 3.8) is 0 Å². The third-order valence-corrected chi connectivity index (χ3v) is 3.49. The Balaban J connectivity index is 2.66. The maximum absolute atomic E-state index is 12.3. The largest absolute Gasteiger partial charge is 0.383 e. The number of carbonyl (C=O) groups excluding carboxylic acids is 2. The molecule has 1 rings (SSSR count). The maximum Gasteiger partial charge on any atom is 0.238 e. The van der Waals surface area contributed by atoms with E-state index < -0.39 is 0 Å². The van der Waals surface area contributed by atoms with Gasteiger partial charge in [0.05, 0.1) is 19.7 Å². The Labute approximate surface area is 138 Å². The average Bonchev–Trinajstić information content (AvgIpc) is 2.47. The third kappa shape index (κ3) is 6.80. The van der Waals surface area contributed by atoms with Crippen LogP contribution in [0.15, 0.2) is 18.2 Å². The van der Waals surface area contributed by atoms with Crippen molar-refractivity contribution in [3.05, 3.63) is 29.3 Å².